The largest absolute Gasteiger partial charge is 0.350 e. The number of hydrogen-bond donors (Lipinski definition) is 2. The van der Waals surface area contributed by atoms with E-state index in [0.29, 0.717) is 12.8 Å². The lowest BCUT2D eigenvalue weighted by molar-refractivity contribution is -0.121. The summed E-state index contributed by atoms with van der Waals surface area (Å²) in [5.41, 5.74) is 9.88. The van der Waals surface area contributed by atoms with Crippen molar-refractivity contribution >= 4 is 5.91 Å². The van der Waals surface area contributed by atoms with E-state index < -0.39 is 0 Å². The lowest BCUT2D eigenvalue weighted by Gasteiger charge is -2.15. The van der Waals surface area contributed by atoms with Crippen LogP contribution in [0.3, 0.4) is 0 Å². The van der Waals surface area contributed by atoms with Crippen LogP contribution in [0.5, 0.6) is 0 Å². The van der Waals surface area contributed by atoms with E-state index in [0.717, 1.165) is 22.6 Å². The van der Waals surface area contributed by atoms with Crippen molar-refractivity contribution in [1.29, 1.82) is 0 Å². The van der Waals surface area contributed by atoms with Crippen molar-refractivity contribution in [1.82, 2.24) is 15.1 Å². The molecule has 3 N–H and O–H groups in total. The number of nitrogens with two attached hydrogens (primary N) is 1. The molecule has 2 rings (SSSR count). The summed E-state index contributed by atoms with van der Waals surface area (Å²) in [6, 6.07) is 10.2. The highest BCUT2D eigenvalue weighted by Crippen LogP contribution is 2.17. The first-order chi connectivity index (χ1) is 10.9. The average Bonchev–Trinajstić information content (AvgIpc) is 2.84. The summed E-state index contributed by atoms with van der Waals surface area (Å²) < 4.78 is 1.92. The van der Waals surface area contributed by atoms with Crippen LogP contribution in [0.25, 0.3) is 5.69 Å². The molecule has 0 aliphatic rings. The quantitative estimate of drug-likeness (QED) is 0.861. The van der Waals surface area contributed by atoms with E-state index in [9.17, 15) is 4.79 Å². The van der Waals surface area contributed by atoms with Gasteiger partial charge in [-0.15, -0.1) is 0 Å². The fourth-order valence-electron chi connectivity index (χ4n) is 2.55. The molecule has 2 unspecified atom stereocenters. The van der Waals surface area contributed by atoms with Crippen LogP contribution < -0.4 is 11.1 Å². The predicted octanol–water partition coefficient (Wildman–Crippen LogP) is 2.79. The molecule has 1 aromatic heterocycles. The van der Waals surface area contributed by atoms with Gasteiger partial charge in [0.2, 0.25) is 5.91 Å². The van der Waals surface area contributed by atoms with Crippen LogP contribution >= 0.6 is 0 Å². The molecule has 2 atom stereocenters. The Morgan fingerprint density at radius 2 is 1.91 bits per heavy atom. The monoisotopic (exact) mass is 314 g/mol. The van der Waals surface area contributed by atoms with Gasteiger partial charge in [0.25, 0.3) is 0 Å². The van der Waals surface area contributed by atoms with Crippen LogP contribution in [0, 0.1) is 13.8 Å². The number of aromatic nitrogens is 2. The molecular formula is C18H26N4O. The van der Waals surface area contributed by atoms with Gasteiger partial charge in [0, 0.05) is 18.2 Å². The van der Waals surface area contributed by atoms with E-state index in [2.05, 4.69) is 16.5 Å². The summed E-state index contributed by atoms with van der Waals surface area (Å²) >= 11 is 0. The Bertz CT molecular complexity index is 658. The number of nitrogens with one attached hydrogen (secondary N) is 1. The van der Waals surface area contributed by atoms with Gasteiger partial charge in [-0.3, -0.25) is 4.79 Å². The van der Waals surface area contributed by atoms with E-state index in [1.807, 2.05) is 56.6 Å². The Morgan fingerprint density at radius 1 is 1.26 bits per heavy atom. The lowest BCUT2D eigenvalue weighted by atomic mass is 10.1. The minimum Gasteiger partial charge on any atom is -0.350 e. The highest BCUT2D eigenvalue weighted by molar-refractivity contribution is 5.76. The fourth-order valence-corrected chi connectivity index (χ4v) is 2.55. The smallest absolute Gasteiger partial charge is 0.220 e. The molecule has 1 heterocycles. The number of nitrogens with zero attached hydrogens (tertiary/aromatic N) is 2. The van der Waals surface area contributed by atoms with Gasteiger partial charge in [-0.05, 0) is 57.9 Å². The molecule has 0 spiro atoms. The summed E-state index contributed by atoms with van der Waals surface area (Å²) in [7, 11) is 0. The van der Waals surface area contributed by atoms with E-state index in [4.69, 9.17) is 5.73 Å². The summed E-state index contributed by atoms with van der Waals surface area (Å²) in [6.45, 7) is 7.92. The molecule has 124 valence electrons. The standard InChI is InChI=1S/C18H26N4O/c1-12(19)5-10-18(23)20-15(4)16-6-8-17(9-7-16)22-14(3)11-13(2)21-22/h6-9,11-12,15H,5,10,19H2,1-4H3,(H,20,23). The molecule has 0 bridgehead atoms. The third kappa shape index (κ3) is 4.66. The lowest BCUT2D eigenvalue weighted by Crippen LogP contribution is -2.28. The molecule has 0 aliphatic heterocycles. The van der Waals surface area contributed by atoms with E-state index in [1.54, 1.807) is 0 Å². The Hall–Kier alpha value is -2.14. The Balaban J connectivity index is 2.01. The van der Waals surface area contributed by atoms with Crippen molar-refractivity contribution < 1.29 is 4.79 Å². The minimum absolute atomic E-state index is 0.0231. The van der Waals surface area contributed by atoms with Gasteiger partial charge >= 0.3 is 0 Å². The number of carbonyl (C=O) groups excluding carboxylic acids is 1. The fraction of sp³-hybridized carbons (Fsp3) is 0.444. The molecule has 23 heavy (non-hydrogen) atoms. The van der Waals surface area contributed by atoms with Gasteiger partial charge in [0.1, 0.15) is 0 Å². The molecule has 0 saturated heterocycles. The third-order valence-corrected chi connectivity index (χ3v) is 3.85. The molecular weight excluding hydrogens is 288 g/mol. The van der Waals surface area contributed by atoms with Crippen molar-refractivity contribution in [3.8, 4) is 5.69 Å². The van der Waals surface area contributed by atoms with Crippen molar-refractivity contribution in [3.05, 3.63) is 47.3 Å². The van der Waals surface area contributed by atoms with Crippen molar-refractivity contribution in [2.24, 2.45) is 5.73 Å². The van der Waals surface area contributed by atoms with E-state index in [1.165, 1.54) is 0 Å². The minimum atomic E-state index is -0.0231. The zero-order chi connectivity index (χ0) is 17.0. The summed E-state index contributed by atoms with van der Waals surface area (Å²) in [5, 5.41) is 7.49. The van der Waals surface area contributed by atoms with E-state index >= 15 is 0 Å². The number of rotatable bonds is 6. The summed E-state index contributed by atoms with van der Waals surface area (Å²) in [4.78, 5) is 11.9. The Labute approximate surface area is 137 Å². The van der Waals surface area contributed by atoms with Crippen LogP contribution in [-0.4, -0.2) is 21.7 Å². The molecule has 0 fully saturated rings. The topological polar surface area (TPSA) is 72.9 Å². The van der Waals surface area contributed by atoms with Gasteiger partial charge < -0.3 is 11.1 Å². The zero-order valence-electron chi connectivity index (χ0n) is 14.3. The molecule has 1 aromatic carbocycles. The highest BCUT2D eigenvalue weighted by atomic mass is 16.1. The predicted molar refractivity (Wildman–Crippen MR) is 92.5 cm³/mol. The number of aryl methyl sites for hydroxylation is 2. The second-order valence-corrected chi connectivity index (χ2v) is 6.24. The van der Waals surface area contributed by atoms with Gasteiger partial charge in [0.15, 0.2) is 0 Å². The third-order valence-electron chi connectivity index (χ3n) is 3.85. The Morgan fingerprint density at radius 3 is 2.43 bits per heavy atom. The summed E-state index contributed by atoms with van der Waals surface area (Å²) in [6.07, 6.45) is 1.17. The van der Waals surface area contributed by atoms with Gasteiger partial charge in [0.05, 0.1) is 17.4 Å². The van der Waals surface area contributed by atoms with Crippen LogP contribution in [0.1, 0.15) is 49.7 Å². The van der Waals surface area contributed by atoms with Crippen molar-refractivity contribution in [2.75, 3.05) is 0 Å². The first kappa shape index (κ1) is 17.2. The van der Waals surface area contributed by atoms with Gasteiger partial charge in [-0.25, -0.2) is 4.68 Å². The SMILES string of the molecule is Cc1cc(C)n(-c2ccc(C(C)NC(=O)CCC(C)N)cc2)n1. The van der Waals surface area contributed by atoms with Crippen molar-refractivity contribution in [2.45, 2.75) is 52.6 Å². The Kier molecular flexibility index (Phi) is 5.55. The first-order valence-corrected chi connectivity index (χ1v) is 8.05. The molecule has 0 aliphatic carbocycles. The maximum Gasteiger partial charge on any atom is 0.220 e. The highest BCUT2D eigenvalue weighted by Gasteiger charge is 2.11. The maximum atomic E-state index is 11.9. The molecule has 2 aromatic rings. The van der Waals surface area contributed by atoms with Gasteiger partial charge in [-0.1, -0.05) is 12.1 Å². The maximum absolute atomic E-state index is 11.9. The second kappa shape index (κ2) is 7.42. The van der Waals surface area contributed by atoms with Crippen LogP contribution in [-0.2, 0) is 4.79 Å². The summed E-state index contributed by atoms with van der Waals surface area (Å²) in [5.74, 6) is 0.0393. The molecule has 0 saturated carbocycles. The zero-order valence-corrected chi connectivity index (χ0v) is 14.3. The first-order valence-electron chi connectivity index (χ1n) is 8.05. The van der Waals surface area contributed by atoms with Crippen LogP contribution in [0.15, 0.2) is 30.3 Å². The number of hydrogen-bond acceptors (Lipinski definition) is 3. The molecule has 5 nitrogen and oxygen atoms in total. The number of carbonyl (C=O) groups is 1. The number of benzene rings is 1. The average molecular weight is 314 g/mol. The molecule has 0 radical (unpaired) electrons. The van der Waals surface area contributed by atoms with Crippen molar-refractivity contribution in [3.63, 3.8) is 0 Å². The van der Waals surface area contributed by atoms with E-state index in [-0.39, 0.29) is 18.0 Å². The number of amides is 1. The second-order valence-electron chi connectivity index (χ2n) is 6.24. The van der Waals surface area contributed by atoms with Crippen LogP contribution in [0.2, 0.25) is 0 Å². The van der Waals surface area contributed by atoms with Gasteiger partial charge in [-0.2, -0.15) is 5.10 Å². The molecule has 5 heteroatoms. The normalized spacial score (nSPS) is 13.6. The molecule has 1 amide bonds. The van der Waals surface area contributed by atoms with Crippen LogP contribution in [0.4, 0.5) is 0 Å².